The molecule has 1 aromatic rings. The van der Waals surface area contributed by atoms with Gasteiger partial charge in [0, 0.05) is 11.6 Å². The lowest BCUT2D eigenvalue weighted by Gasteiger charge is -2.33. The number of rotatable bonds is 4. The van der Waals surface area contributed by atoms with E-state index in [-0.39, 0.29) is 11.5 Å². The number of nitrogens with two attached hydrogens (primary N) is 1. The summed E-state index contributed by atoms with van der Waals surface area (Å²) in [6.07, 6.45) is 3.67. The van der Waals surface area contributed by atoms with Gasteiger partial charge in [0.1, 0.15) is 11.5 Å². The average Bonchev–Trinajstić information content (AvgIpc) is 2.77. The molecule has 3 nitrogen and oxygen atoms in total. The van der Waals surface area contributed by atoms with Crippen molar-refractivity contribution in [2.24, 2.45) is 17.1 Å². The van der Waals surface area contributed by atoms with Crippen molar-refractivity contribution in [3.8, 4) is 11.5 Å². The molecule has 1 aliphatic carbocycles. The van der Waals surface area contributed by atoms with Crippen LogP contribution in [0.25, 0.3) is 0 Å². The largest absolute Gasteiger partial charge is 0.496 e. The number of hydrogen-bond acceptors (Lipinski definition) is 3. The molecule has 2 rings (SSSR count). The summed E-state index contributed by atoms with van der Waals surface area (Å²) in [5.74, 6) is 2.10. The maximum atomic E-state index is 6.58. The quantitative estimate of drug-likeness (QED) is 0.888. The highest BCUT2D eigenvalue weighted by atomic mass is 79.9. The van der Waals surface area contributed by atoms with Crippen LogP contribution < -0.4 is 15.2 Å². The maximum Gasteiger partial charge on any atom is 0.133 e. The van der Waals surface area contributed by atoms with Gasteiger partial charge in [-0.2, -0.15) is 0 Å². The average molecular weight is 342 g/mol. The summed E-state index contributed by atoms with van der Waals surface area (Å²) in [4.78, 5) is 0. The lowest BCUT2D eigenvalue weighted by atomic mass is 9.75. The Kier molecular flexibility index (Phi) is 4.65. The first kappa shape index (κ1) is 15.6. The van der Waals surface area contributed by atoms with Crippen molar-refractivity contribution in [3.05, 3.63) is 22.2 Å². The third-order valence-corrected chi connectivity index (χ3v) is 5.26. The number of ether oxygens (including phenoxy) is 2. The molecule has 0 saturated heterocycles. The van der Waals surface area contributed by atoms with Gasteiger partial charge >= 0.3 is 0 Å². The lowest BCUT2D eigenvalue weighted by Crippen LogP contribution is -2.30. The lowest BCUT2D eigenvalue weighted by molar-refractivity contribution is 0.219. The summed E-state index contributed by atoms with van der Waals surface area (Å²) in [7, 11) is 3.35. The van der Waals surface area contributed by atoms with Gasteiger partial charge in [0.25, 0.3) is 0 Å². The molecule has 0 radical (unpaired) electrons. The third kappa shape index (κ3) is 2.82. The van der Waals surface area contributed by atoms with Crippen molar-refractivity contribution in [1.29, 1.82) is 0 Å². The summed E-state index contributed by atoms with van der Waals surface area (Å²) in [5, 5.41) is 0. The Morgan fingerprint density at radius 3 is 2.40 bits per heavy atom. The molecule has 0 aromatic heterocycles. The van der Waals surface area contributed by atoms with Crippen molar-refractivity contribution in [3.63, 3.8) is 0 Å². The molecule has 1 aromatic carbocycles. The van der Waals surface area contributed by atoms with E-state index in [0.29, 0.717) is 5.92 Å². The summed E-state index contributed by atoms with van der Waals surface area (Å²) in [6.45, 7) is 4.63. The van der Waals surface area contributed by atoms with E-state index in [1.165, 1.54) is 19.3 Å². The van der Waals surface area contributed by atoms with Crippen molar-refractivity contribution in [2.75, 3.05) is 14.2 Å². The van der Waals surface area contributed by atoms with Gasteiger partial charge in [0.2, 0.25) is 0 Å². The van der Waals surface area contributed by atoms with Crippen LogP contribution >= 0.6 is 15.9 Å². The van der Waals surface area contributed by atoms with E-state index in [0.717, 1.165) is 21.5 Å². The Hall–Kier alpha value is -0.740. The van der Waals surface area contributed by atoms with E-state index in [2.05, 4.69) is 29.8 Å². The summed E-state index contributed by atoms with van der Waals surface area (Å²) < 4.78 is 11.8. The van der Waals surface area contributed by atoms with Crippen LogP contribution in [0.4, 0.5) is 0 Å². The Bertz CT molecular complexity index is 488. The standard InChI is InChI=1S/C16H24BrNO2/c1-16(2)7-5-6-11(16)15(18)10-8-14(20-4)12(17)9-13(10)19-3/h8-9,11,15H,5-7,18H2,1-4H3. The summed E-state index contributed by atoms with van der Waals surface area (Å²) in [6, 6.07) is 3.92. The molecule has 2 unspecified atom stereocenters. The normalized spacial score (nSPS) is 22.6. The number of halogens is 1. The van der Waals surface area contributed by atoms with E-state index in [1.807, 2.05) is 12.1 Å². The van der Waals surface area contributed by atoms with E-state index in [9.17, 15) is 0 Å². The Labute approximate surface area is 130 Å². The molecule has 4 heteroatoms. The van der Waals surface area contributed by atoms with Gasteiger partial charge in [-0.25, -0.2) is 0 Å². The van der Waals surface area contributed by atoms with Crippen LogP contribution in [0.15, 0.2) is 16.6 Å². The van der Waals surface area contributed by atoms with E-state index in [1.54, 1.807) is 14.2 Å². The molecule has 20 heavy (non-hydrogen) atoms. The first-order valence-corrected chi connectivity index (χ1v) is 7.87. The van der Waals surface area contributed by atoms with Crippen LogP contribution in [0.3, 0.4) is 0 Å². The Morgan fingerprint density at radius 2 is 1.90 bits per heavy atom. The van der Waals surface area contributed by atoms with Gasteiger partial charge in [0.15, 0.2) is 0 Å². The van der Waals surface area contributed by atoms with Gasteiger partial charge < -0.3 is 15.2 Å². The predicted molar refractivity (Wildman–Crippen MR) is 85.3 cm³/mol. The van der Waals surface area contributed by atoms with Crippen LogP contribution in [-0.4, -0.2) is 14.2 Å². The van der Waals surface area contributed by atoms with Crippen LogP contribution in [0, 0.1) is 11.3 Å². The second-order valence-electron chi connectivity index (χ2n) is 6.24. The molecule has 2 atom stereocenters. The van der Waals surface area contributed by atoms with E-state index < -0.39 is 0 Å². The van der Waals surface area contributed by atoms with Crippen molar-refractivity contribution in [1.82, 2.24) is 0 Å². The molecule has 1 fully saturated rings. The highest BCUT2D eigenvalue weighted by molar-refractivity contribution is 9.10. The number of hydrogen-bond donors (Lipinski definition) is 1. The monoisotopic (exact) mass is 341 g/mol. The van der Waals surface area contributed by atoms with Crippen LogP contribution in [0.2, 0.25) is 0 Å². The fraction of sp³-hybridized carbons (Fsp3) is 0.625. The molecular weight excluding hydrogens is 318 g/mol. The molecule has 2 N–H and O–H groups in total. The zero-order valence-corrected chi connectivity index (χ0v) is 14.3. The molecule has 0 heterocycles. The van der Waals surface area contributed by atoms with Gasteiger partial charge in [0.05, 0.1) is 18.7 Å². The predicted octanol–water partition coefficient (Wildman–Crippen LogP) is 4.29. The minimum atomic E-state index is -0.0237. The maximum absolute atomic E-state index is 6.58. The minimum absolute atomic E-state index is 0.0237. The fourth-order valence-electron chi connectivity index (χ4n) is 3.38. The van der Waals surface area contributed by atoms with Crippen LogP contribution in [-0.2, 0) is 0 Å². The van der Waals surface area contributed by atoms with Crippen molar-refractivity contribution >= 4 is 15.9 Å². The smallest absolute Gasteiger partial charge is 0.133 e. The molecular formula is C16H24BrNO2. The van der Waals surface area contributed by atoms with Crippen molar-refractivity contribution in [2.45, 2.75) is 39.2 Å². The van der Waals surface area contributed by atoms with Crippen molar-refractivity contribution < 1.29 is 9.47 Å². The summed E-state index contributed by atoms with van der Waals surface area (Å²) >= 11 is 3.49. The molecule has 0 aliphatic heterocycles. The highest BCUT2D eigenvalue weighted by Crippen LogP contribution is 2.49. The molecule has 0 bridgehead atoms. The van der Waals surface area contributed by atoms with Gasteiger partial charge in [-0.3, -0.25) is 0 Å². The second-order valence-corrected chi connectivity index (χ2v) is 7.10. The van der Waals surface area contributed by atoms with E-state index >= 15 is 0 Å². The molecule has 0 amide bonds. The SMILES string of the molecule is COc1cc(C(N)C2CCCC2(C)C)c(OC)cc1Br. The second kappa shape index (κ2) is 5.94. The number of benzene rings is 1. The third-order valence-electron chi connectivity index (χ3n) is 4.64. The first-order chi connectivity index (χ1) is 9.40. The molecule has 1 saturated carbocycles. The Morgan fingerprint density at radius 1 is 1.25 bits per heavy atom. The van der Waals surface area contributed by atoms with E-state index in [4.69, 9.17) is 15.2 Å². The molecule has 112 valence electrons. The first-order valence-electron chi connectivity index (χ1n) is 7.07. The zero-order valence-electron chi connectivity index (χ0n) is 12.7. The zero-order chi connectivity index (χ0) is 14.9. The van der Waals surface area contributed by atoms with Gasteiger partial charge in [-0.1, -0.05) is 20.3 Å². The van der Waals surface area contributed by atoms with Crippen LogP contribution in [0.5, 0.6) is 11.5 Å². The summed E-state index contributed by atoms with van der Waals surface area (Å²) in [5.41, 5.74) is 7.89. The Balaban J connectivity index is 2.40. The minimum Gasteiger partial charge on any atom is -0.496 e. The highest BCUT2D eigenvalue weighted by Gasteiger charge is 2.39. The van der Waals surface area contributed by atoms with Gasteiger partial charge in [-0.05, 0) is 52.2 Å². The van der Waals surface area contributed by atoms with Crippen LogP contribution in [0.1, 0.15) is 44.7 Å². The number of methoxy groups -OCH3 is 2. The van der Waals surface area contributed by atoms with Gasteiger partial charge in [-0.15, -0.1) is 0 Å². The fourth-order valence-corrected chi connectivity index (χ4v) is 3.86. The molecule has 0 spiro atoms. The molecule has 1 aliphatic rings. The topological polar surface area (TPSA) is 44.5 Å².